The Labute approximate surface area is 72.8 Å². The van der Waals surface area contributed by atoms with Gasteiger partial charge >= 0.3 is 0 Å². The minimum Gasteiger partial charge on any atom is -0.0768 e. The van der Waals surface area contributed by atoms with Crippen LogP contribution in [0, 0.1) is 5.41 Å². The number of hydrogen-bond acceptors (Lipinski definition) is 0. The smallest absolute Gasteiger partial charge is 0.0768 e. The fraction of sp³-hybridized carbons (Fsp3) is 1.00. The van der Waals surface area contributed by atoms with Gasteiger partial charge in [-0.25, -0.2) is 0 Å². The van der Waals surface area contributed by atoms with Crippen molar-refractivity contribution in [3.63, 3.8) is 0 Å². The lowest BCUT2D eigenvalue weighted by molar-refractivity contribution is 0.461. The molecule has 1 heteroatoms. The highest BCUT2D eigenvalue weighted by Gasteiger charge is 2.22. The van der Waals surface area contributed by atoms with E-state index in [4.69, 9.17) is 0 Å². The van der Waals surface area contributed by atoms with Gasteiger partial charge in [0.25, 0.3) is 0 Å². The molecule has 0 N–H and O–H groups in total. The quantitative estimate of drug-likeness (QED) is 0.539. The van der Waals surface area contributed by atoms with Gasteiger partial charge in [-0.2, -0.15) is 0 Å². The molecule has 0 aromatic rings. The van der Waals surface area contributed by atoms with Gasteiger partial charge in [-0.15, -0.1) is 0 Å². The number of hydrogen-bond donors (Lipinski definition) is 0. The van der Waals surface area contributed by atoms with Gasteiger partial charge < -0.3 is 0 Å². The molecular weight excluding hydrogens is 131 g/mol. The molecule has 0 aliphatic heterocycles. The highest BCUT2D eigenvalue weighted by atomic mass is 14.1. The third-order valence-corrected chi connectivity index (χ3v) is 2.34. The SMILES string of the molecule is CCB(CC(C)(C)C)C(C)C. The van der Waals surface area contributed by atoms with E-state index in [1.54, 1.807) is 0 Å². The van der Waals surface area contributed by atoms with E-state index in [0.717, 1.165) is 12.5 Å². The Morgan fingerprint density at radius 3 is 1.73 bits per heavy atom. The van der Waals surface area contributed by atoms with Gasteiger partial charge in [-0.3, -0.25) is 0 Å². The zero-order valence-electron chi connectivity index (χ0n) is 9.07. The molecule has 0 saturated heterocycles. The Balaban J connectivity index is 3.88. The van der Waals surface area contributed by atoms with E-state index in [2.05, 4.69) is 41.5 Å². The molecule has 0 unspecified atom stereocenters. The van der Waals surface area contributed by atoms with Crippen molar-refractivity contribution < 1.29 is 0 Å². The van der Waals surface area contributed by atoms with Crippen molar-refractivity contribution in [1.29, 1.82) is 0 Å². The monoisotopic (exact) mass is 154 g/mol. The zero-order valence-corrected chi connectivity index (χ0v) is 9.07. The Morgan fingerprint density at radius 2 is 1.64 bits per heavy atom. The van der Waals surface area contributed by atoms with Crippen molar-refractivity contribution >= 4 is 6.71 Å². The fourth-order valence-electron chi connectivity index (χ4n) is 1.64. The second kappa shape index (κ2) is 4.18. The van der Waals surface area contributed by atoms with Gasteiger partial charge in [0.05, 0.1) is 0 Å². The molecule has 0 fully saturated rings. The van der Waals surface area contributed by atoms with Gasteiger partial charge in [0.15, 0.2) is 0 Å². The lowest BCUT2D eigenvalue weighted by Crippen LogP contribution is -2.22. The standard InChI is InChI=1S/C10H23B/c1-7-11(9(2)3)8-10(4,5)6/h9H,7-8H2,1-6H3. The maximum absolute atomic E-state index is 2.33. The van der Waals surface area contributed by atoms with E-state index in [1.807, 2.05) is 0 Å². The van der Waals surface area contributed by atoms with E-state index in [0.29, 0.717) is 5.41 Å². The van der Waals surface area contributed by atoms with Gasteiger partial charge in [0.1, 0.15) is 6.71 Å². The first kappa shape index (κ1) is 11.1. The average molecular weight is 154 g/mol. The summed E-state index contributed by atoms with van der Waals surface area (Å²) in [6.45, 7) is 14.9. The van der Waals surface area contributed by atoms with Crippen molar-refractivity contribution in [3.05, 3.63) is 0 Å². The summed E-state index contributed by atoms with van der Waals surface area (Å²) >= 11 is 0. The number of rotatable bonds is 3. The average Bonchev–Trinajstić information content (AvgIpc) is 1.80. The van der Waals surface area contributed by atoms with Crippen molar-refractivity contribution in [2.75, 3.05) is 0 Å². The van der Waals surface area contributed by atoms with Gasteiger partial charge in [0, 0.05) is 0 Å². The minimum absolute atomic E-state index is 0.505. The van der Waals surface area contributed by atoms with Crippen molar-refractivity contribution in [3.8, 4) is 0 Å². The molecule has 0 atom stereocenters. The predicted octanol–water partition coefficient (Wildman–Crippen LogP) is 3.96. The largest absolute Gasteiger partial charge is 0.142 e. The lowest BCUT2D eigenvalue weighted by atomic mass is 9.35. The van der Waals surface area contributed by atoms with E-state index in [9.17, 15) is 0 Å². The molecule has 0 aliphatic carbocycles. The van der Waals surface area contributed by atoms with Crippen LogP contribution in [0.25, 0.3) is 0 Å². The maximum atomic E-state index is 2.33. The predicted molar refractivity (Wildman–Crippen MR) is 55.6 cm³/mol. The summed E-state index contributed by atoms with van der Waals surface area (Å²) in [6, 6.07) is 0. The van der Waals surface area contributed by atoms with E-state index in [-0.39, 0.29) is 0 Å². The Hall–Kier alpha value is 0.0649. The summed E-state index contributed by atoms with van der Waals surface area (Å²) in [4.78, 5) is 0. The normalized spacial score (nSPS) is 12.3. The fourth-order valence-corrected chi connectivity index (χ4v) is 1.64. The first-order valence-corrected chi connectivity index (χ1v) is 4.87. The van der Waals surface area contributed by atoms with Crippen LogP contribution in [0.1, 0.15) is 41.5 Å². The molecule has 0 bridgehead atoms. The first-order valence-electron chi connectivity index (χ1n) is 4.87. The van der Waals surface area contributed by atoms with Crippen LogP contribution in [0.15, 0.2) is 0 Å². The minimum atomic E-state index is 0.505. The van der Waals surface area contributed by atoms with Crippen LogP contribution in [0.3, 0.4) is 0 Å². The molecule has 0 aromatic heterocycles. The molecule has 0 saturated carbocycles. The summed E-state index contributed by atoms with van der Waals surface area (Å²) in [6.07, 6.45) is 2.69. The van der Waals surface area contributed by atoms with E-state index < -0.39 is 0 Å². The second-order valence-corrected chi connectivity index (χ2v) is 5.18. The second-order valence-electron chi connectivity index (χ2n) is 5.18. The van der Waals surface area contributed by atoms with Crippen LogP contribution < -0.4 is 0 Å². The highest BCUT2D eigenvalue weighted by Crippen LogP contribution is 2.28. The molecule has 0 aromatic carbocycles. The Morgan fingerprint density at radius 1 is 1.18 bits per heavy atom. The van der Waals surface area contributed by atoms with Crippen molar-refractivity contribution in [2.24, 2.45) is 5.41 Å². The van der Waals surface area contributed by atoms with Gasteiger partial charge in [0.2, 0.25) is 0 Å². The van der Waals surface area contributed by atoms with Crippen LogP contribution >= 0.6 is 0 Å². The third kappa shape index (κ3) is 5.35. The molecule has 0 heterocycles. The van der Waals surface area contributed by atoms with Crippen LogP contribution in [0.5, 0.6) is 0 Å². The molecule has 0 rings (SSSR count). The summed E-state index contributed by atoms with van der Waals surface area (Å²) in [5.41, 5.74) is 0.505. The summed E-state index contributed by atoms with van der Waals surface area (Å²) in [7, 11) is 0. The molecular formula is C10H23B. The molecule has 0 nitrogen and oxygen atoms in total. The van der Waals surface area contributed by atoms with Crippen LogP contribution in [-0.2, 0) is 0 Å². The van der Waals surface area contributed by atoms with Crippen LogP contribution in [-0.4, -0.2) is 6.71 Å². The molecule has 0 aliphatic rings. The summed E-state index contributed by atoms with van der Waals surface area (Å²) in [5.74, 6) is 0.847. The topological polar surface area (TPSA) is 0 Å². The molecule has 0 spiro atoms. The Bertz CT molecular complexity index is 99.9. The molecule has 0 amide bonds. The maximum Gasteiger partial charge on any atom is 0.142 e. The van der Waals surface area contributed by atoms with Crippen molar-refractivity contribution in [1.82, 2.24) is 0 Å². The van der Waals surface area contributed by atoms with Gasteiger partial charge in [-0.05, 0) is 5.41 Å². The Kier molecular flexibility index (Phi) is 4.21. The summed E-state index contributed by atoms with van der Waals surface area (Å²) in [5, 5.41) is 0. The van der Waals surface area contributed by atoms with E-state index in [1.165, 1.54) is 12.6 Å². The molecule has 66 valence electrons. The zero-order chi connectivity index (χ0) is 9.07. The van der Waals surface area contributed by atoms with Gasteiger partial charge in [-0.1, -0.05) is 60.0 Å². The lowest BCUT2D eigenvalue weighted by Gasteiger charge is -2.25. The molecule has 0 radical (unpaired) electrons. The molecule has 11 heavy (non-hydrogen) atoms. The summed E-state index contributed by atoms with van der Waals surface area (Å²) < 4.78 is 0. The highest BCUT2D eigenvalue weighted by molar-refractivity contribution is 6.60. The van der Waals surface area contributed by atoms with Crippen LogP contribution in [0.2, 0.25) is 18.5 Å². The van der Waals surface area contributed by atoms with Crippen LogP contribution in [0.4, 0.5) is 0 Å². The van der Waals surface area contributed by atoms with Crippen molar-refractivity contribution in [2.45, 2.75) is 60.0 Å². The third-order valence-electron chi connectivity index (χ3n) is 2.34. The van der Waals surface area contributed by atoms with E-state index >= 15 is 0 Å². The first-order chi connectivity index (χ1) is 4.87.